The first-order valence-corrected chi connectivity index (χ1v) is 4.60. The highest BCUT2D eigenvalue weighted by Crippen LogP contribution is 2.05. The monoisotopic (exact) mass is 194 g/mol. The average molecular weight is 194 g/mol. The summed E-state index contributed by atoms with van der Waals surface area (Å²) in [6.45, 7) is 7.52. The van der Waals surface area contributed by atoms with E-state index in [1.165, 1.54) is 0 Å². The van der Waals surface area contributed by atoms with Crippen molar-refractivity contribution in [2.45, 2.75) is 27.7 Å². The molecular weight excluding hydrogens is 180 g/mol. The van der Waals surface area contributed by atoms with Crippen LogP contribution in [0.4, 0.5) is 0 Å². The molecule has 0 spiro atoms. The molecule has 2 N–H and O–H groups in total. The Hall–Kier alpha value is -1.65. The summed E-state index contributed by atoms with van der Waals surface area (Å²) in [6, 6.07) is 0. The van der Waals surface area contributed by atoms with Crippen LogP contribution in [0, 0.1) is 13.8 Å². The molecule has 0 amide bonds. The van der Waals surface area contributed by atoms with Crippen molar-refractivity contribution in [1.82, 2.24) is 20.2 Å². The normalized spacial score (nSPS) is 9.71. The number of aromatic nitrogens is 4. The van der Waals surface area contributed by atoms with Crippen molar-refractivity contribution < 1.29 is 0 Å². The Kier molecular flexibility index (Phi) is 3.01. The maximum Gasteiger partial charge on any atom is 0.262 e. The third-order valence-corrected chi connectivity index (χ3v) is 1.72. The highest BCUT2D eigenvalue weighted by molar-refractivity contribution is 5.75. The quantitative estimate of drug-likeness (QED) is 0.663. The summed E-state index contributed by atoms with van der Waals surface area (Å²) in [5.41, 5.74) is 1.09. The minimum atomic E-state index is -0.135. The predicted octanol–water partition coefficient (Wildman–Crippen LogP) is 1.29. The van der Waals surface area contributed by atoms with Crippen molar-refractivity contribution >= 4 is 11.0 Å². The van der Waals surface area contributed by atoms with Gasteiger partial charge in [0.25, 0.3) is 5.56 Å². The van der Waals surface area contributed by atoms with Gasteiger partial charge in [-0.2, -0.15) is 5.10 Å². The fraction of sp³-hybridized carbons (Fsp3) is 0.444. The van der Waals surface area contributed by atoms with E-state index < -0.39 is 0 Å². The molecule has 5 heteroatoms. The van der Waals surface area contributed by atoms with Crippen LogP contribution >= 0.6 is 0 Å². The van der Waals surface area contributed by atoms with E-state index in [-0.39, 0.29) is 5.56 Å². The molecule has 76 valence electrons. The van der Waals surface area contributed by atoms with Crippen LogP contribution in [-0.4, -0.2) is 20.2 Å². The van der Waals surface area contributed by atoms with Crippen LogP contribution in [0.15, 0.2) is 4.79 Å². The standard InChI is InChI=1S/C7H8N4O.C2H6/c1-3-5-6(11-10-3)8-4(2)9-7(5)12;1-2/h1-2H3,(H2,8,9,10,11,12);1-2H3. The topological polar surface area (TPSA) is 74.4 Å². The Bertz CT molecular complexity index is 483. The van der Waals surface area contributed by atoms with Crippen molar-refractivity contribution in [2.24, 2.45) is 0 Å². The number of fused-ring (bicyclic) bond motifs is 1. The average Bonchev–Trinajstić information content (AvgIpc) is 2.51. The van der Waals surface area contributed by atoms with Gasteiger partial charge in [0.1, 0.15) is 11.2 Å². The number of hydrogen-bond donors (Lipinski definition) is 2. The summed E-state index contributed by atoms with van der Waals surface area (Å²) in [5.74, 6) is 0.582. The molecule has 0 radical (unpaired) electrons. The first-order chi connectivity index (χ1) is 6.68. The lowest BCUT2D eigenvalue weighted by Gasteiger charge is -1.90. The predicted molar refractivity (Wildman–Crippen MR) is 55.3 cm³/mol. The Morgan fingerprint density at radius 3 is 2.50 bits per heavy atom. The smallest absolute Gasteiger partial charge is 0.262 e. The molecule has 0 bridgehead atoms. The fourth-order valence-corrected chi connectivity index (χ4v) is 1.18. The van der Waals surface area contributed by atoms with Gasteiger partial charge in [0, 0.05) is 5.69 Å². The molecule has 0 saturated heterocycles. The van der Waals surface area contributed by atoms with Gasteiger partial charge in [0.2, 0.25) is 0 Å². The van der Waals surface area contributed by atoms with E-state index in [1.807, 2.05) is 13.8 Å². The van der Waals surface area contributed by atoms with Crippen LogP contribution in [-0.2, 0) is 0 Å². The van der Waals surface area contributed by atoms with Crippen molar-refractivity contribution in [3.63, 3.8) is 0 Å². The first kappa shape index (κ1) is 10.4. The molecule has 0 aromatic carbocycles. The number of nitrogens with zero attached hydrogens (tertiary/aromatic N) is 2. The number of aromatic amines is 2. The molecule has 0 saturated carbocycles. The van der Waals surface area contributed by atoms with Gasteiger partial charge >= 0.3 is 0 Å². The highest BCUT2D eigenvalue weighted by atomic mass is 16.1. The second-order valence-electron chi connectivity index (χ2n) is 2.70. The lowest BCUT2D eigenvalue weighted by Crippen LogP contribution is -2.09. The molecular formula is C9H14N4O. The number of H-pyrrole nitrogens is 2. The van der Waals surface area contributed by atoms with E-state index in [0.717, 1.165) is 5.69 Å². The van der Waals surface area contributed by atoms with Gasteiger partial charge in [-0.25, -0.2) is 4.98 Å². The Morgan fingerprint density at radius 2 is 1.86 bits per heavy atom. The lowest BCUT2D eigenvalue weighted by molar-refractivity contribution is 1.02. The third kappa shape index (κ3) is 1.66. The summed E-state index contributed by atoms with van der Waals surface area (Å²) in [4.78, 5) is 18.0. The zero-order valence-electron chi connectivity index (χ0n) is 8.80. The minimum absolute atomic E-state index is 0.135. The SMILES string of the molecule is CC.Cc1nc2n[nH]c(C)c2c(=O)[nH]1. The molecule has 0 atom stereocenters. The van der Waals surface area contributed by atoms with E-state index in [0.29, 0.717) is 16.9 Å². The van der Waals surface area contributed by atoms with Gasteiger partial charge in [-0.3, -0.25) is 9.89 Å². The van der Waals surface area contributed by atoms with Crippen LogP contribution in [0.1, 0.15) is 25.4 Å². The minimum Gasteiger partial charge on any atom is -0.310 e. The fourth-order valence-electron chi connectivity index (χ4n) is 1.18. The summed E-state index contributed by atoms with van der Waals surface area (Å²) < 4.78 is 0. The maximum atomic E-state index is 11.3. The molecule has 2 heterocycles. The maximum absolute atomic E-state index is 11.3. The van der Waals surface area contributed by atoms with E-state index in [9.17, 15) is 4.79 Å². The first-order valence-electron chi connectivity index (χ1n) is 4.60. The molecule has 2 rings (SSSR count). The van der Waals surface area contributed by atoms with Gasteiger partial charge in [0.15, 0.2) is 5.65 Å². The second kappa shape index (κ2) is 4.04. The Morgan fingerprint density at radius 1 is 1.21 bits per heavy atom. The van der Waals surface area contributed by atoms with Crippen LogP contribution in [0.2, 0.25) is 0 Å². The molecule has 0 aliphatic heterocycles. The zero-order valence-corrected chi connectivity index (χ0v) is 8.80. The largest absolute Gasteiger partial charge is 0.310 e. The molecule has 2 aromatic rings. The molecule has 0 aliphatic rings. The Balaban J connectivity index is 0.000000461. The van der Waals surface area contributed by atoms with Crippen molar-refractivity contribution in [1.29, 1.82) is 0 Å². The van der Waals surface area contributed by atoms with Crippen LogP contribution in [0.3, 0.4) is 0 Å². The van der Waals surface area contributed by atoms with Crippen molar-refractivity contribution in [3.05, 3.63) is 21.9 Å². The van der Waals surface area contributed by atoms with Gasteiger partial charge in [-0.1, -0.05) is 13.8 Å². The van der Waals surface area contributed by atoms with Crippen LogP contribution in [0.25, 0.3) is 11.0 Å². The van der Waals surface area contributed by atoms with E-state index in [1.54, 1.807) is 13.8 Å². The third-order valence-electron chi connectivity index (χ3n) is 1.72. The van der Waals surface area contributed by atoms with E-state index in [2.05, 4.69) is 20.2 Å². The summed E-state index contributed by atoms with van der Waals surface area (Å²) in [6.07, 6.45) is 0. The highest BCUT2D eigenvalue weighted by Gasteiger charge is 2.06. The van der Waals surface area contributed by atoms with Gasteiger partial charge < -0.3 is 4.98 Å². The number of rotatable bonds is 0. The lowest BCUT2D eigenvalue weighted by atomic mass is 10.3. The molecule has 5 nitrogen and oxygen atoms in total. The number of nitrogens with one attached hydrogen (secondary N) is 2. The van der Waals surface area contributed by atoms with E-state index in [4.69, 9.17) is 0 Å². The van der Waals surface area contributed by atoms with Crippen molar-refractivity contribution in [2.75, 3.05) is 0 Å². The summed E-state index contributed by atoms with van der Waals surface area (Å²) in [5, 5.41) is 7.14. The molecule has 14 heavy (non-hydrogen) atoms. The van der Waals surface area contributed by atoms with Crippen LogP contribution in [0.5, 0.6) is 0 Å². The van der Waals surface area contributed by atoms with Gasteiger partial charge in [-0.15, -0.1) is 0 Å². The van der Waals surface area contributed by atoms with E-state index >= 15 is 0 Å². The van der Waals surface area contributed by atoms with Crippen LogP contribution < -0.4 is 5.56 Å². The second-order valence-corrected chi connectivity index (χ2v) is 2.70. The summed E-state index contributed by atoms with van der Waals surface area (Å²) >= 11 is 0. The number of hydrogen-bond acceptors (Lipinski definition) is 3. The molecule has 0 aliphatic carbocycles. The molecule has 0 unspecified atom stereocenters. The van der Waals surface area contributed by atoms with Gasteiger partial charge in [0.05, 0.1) is 0 Å². The Labute approximate surface area is 81.6 Å². The zero-order chi connectivity index (χ0) is 10.7. The van der Waals surface area contributed by atoms with Gasteiger partial charge in [-0.05, 0) is 13.8 Å². The number of aryl methyl sites for hydroxylation is 2. The summed E-state index contributed by atoms with van der Waals surface area (Å²) in [7, 11) is 0. The molecule has 2 aromatic heterocycles. The van der Waals surface area contributed by atoms with Crippen molar-refractivity contribution in [3.8, 4) is 0 Å². The molecule has 0 fully saturated rings.